The van der Waals surface area contributed by atoms with Gasteiger partial charge in [0.05, 0.1) is 6.61 Å². The molecule has 4 heteroatoms. The number of hydrogen-bond acceptors (Lipinski definition) is 3. The molecule has 1 aliphatic heterocycles. The van der Waals surface area contributed by atoms with E-state index in [-0.39, 0.29) is 5.91 Å². The van der Waals surface area contributed by atoms with Crippen LogP contribution in [0, 0.1) is 0 Å². The van der Waals surface area contributed by atoms with E-state index in [0.29, 0.717) is 18.9 Å². The predicted molar refractivity (Wildman–Crippen MR) is 43.1 cm³/mol. The van der Waals surface area contributed by atoms with Crippen LogP contribution in [0.1, 0.15) is 13.8 Å². The van der Waals surface area contributed by atoms with Crippen LogP contribution in [-0.2, 0) is 9.53 Å². The third kappa shape index (κ3) is 1.43. The molecule has 1 N–H and O–H groups in total. The molecule has 0 radical (unpaired) electrons. The van der Waals surface area contributed by atoms with Crippen molar-refractivity contribution in [1.82, 2.24) is 4.90 Å². The van der Waals surface area contributed by atoms with Crippen LogP contribution in [0.5, 0.6) is 0 Å². The van der Waals surface area contributed by atoms with Gasteiger partial charge in [-0.15, -0.1) is 0 Å². The lowest BCUT2D eigenvalue weighted by atomic mass is 10.4. The second-order valence-corrected chi connectivity index (χ2v) is 2.48. The maximum atomic E-state index is 11.1. The molecule has 0 aromatic heterocycles. The second-order valence-electron chi connectivity index (χ2n) is 2.48. The minimum Gasteiger partial charge on any atom is -0.493 e. The molecule has 0 fully saturated rings. The number of amides is 1. The normalized spacial score (nSPS) is 22.9. The molecular formula is C8H13NO3. The van der Waals surface area contributed by atoms with Crippen LogP contribution in [0.3, 0.4) is 0 Å². The lowest BCUT2D eigenvalue weighted by Crippen LogP contribution is -2.35. The van der Waals surface area contributed by atoms with E-state index in [1.165, 1.54) is 11.0 Å². The highest BCUT2D eigenvalue weighted by molar-refractivity contribution is 5.91. The van der Waals surface area contributed by atoms with Crippen LogP contribution in [0.25, 0.3) is 0 Å². The van der Waals surface area contributed by atoms with E-state index in [2.05, 4.69) is 0 Å². The molecule has 1 heterocycles. The minimum absolute atomic E-state index is 0.187. The number of nitrogens with zero attached hydrogens (tertiary/aromatic N) is 1. The summed E-state index contributed by atoms with van der Waals surface area (Å²) in [5.74, 6) is 0.165. The number of likely N-dealkylation sites (N-methyl/N-ethyl adjacent to an activating group) is 1. The zero-order valence-electron chi connectivity index (χ0n) is 7.28. The summed E-state index contributed by atoms with van der Waals surface area (Å²) in [7, 11) is 0. The van der Waals surface area contributed by atoms with Crippen LogP contribution in [-0.4, -0.2) is 35.3 Å². The van der Waals surface area contributed by atoms with Crippen molar-refractivity contribution in [3.8, 4) is 0 Å². The summed E-state index contributed by atoms with van der Waals surface area (Å²) in [4.78, 5) is 12.4. The van der Waals surface area contributed by atoms with Gasteiger partial charge < -0.3 is 14.7 Å². The van der Waals surface area contributed by atoms with Gasteiger partial charge in [0.15, 0.2) is 12.0 Å². The summed E-state index contributed by atoms with van der Waals surface area (Å²) < 4.78 is 5.07. The van der Waals surface area contributed by atoms with Crippen molar-refractivity contribution in [2.45, 2.75) is 20.1 Å². The Kier molecular flexibility index (Phi) is 2.70. The molecule has 1 aliphatic rings. The van der Waals surface area contributed by atoms with Gasteiger partial charge in [-0.2, -0.15) is 0 Å². The topological polar surface area (TPSA) is 49.8 Å². The fraction of sp³-hybridized carbons (Fsp3) is 0.625. The summed E-state index contributed by atoms with van der Waals surface area (Å²) in [6, 6.07) is 0. The number of rotatable bonds is 3. The quantitative estimate of drug-likeness (QED) is 0.654. The van der Waals surface area contributed by atoms with E-state index in [4.69, 9.17) is 4.74 Å². The first-order chi connectivity index (χ1) is 5.70. The highest BCUT2D eigenvalue weighted by atomic mass is 16.5. The molecule has 0 saturated carbocycles. The van der Waals surface area contributed by atoms with Gasteiger partial charge in [-0.1, -0.05) is 0 Å². The number of aliphatic hydroxyl groups excluding tert-OH is 1. The van der Waals surface area contributed by atoms with Crippen LogP contribution in [0.2, 0.25) is 0 Å². The smallest absolute Gasteiger partial charge is 0.252 e. The van der Waals surface area contributed by atoms with Crippen LogP contribution >= 0.6 is 0 Å². The zero-order chi connectivity index (χ0) is 9.14. The average Bonchev–Trinajstić information content (AvgIpc) is 2.29. The van der Waals surface area contributed by atoms with Crippen molar-refractivity contribution in [3.05, 3.63) is 11.8 Å². The molecule has 0 aliphatic carbocycles. The standard InChI is InChI=1S/C8H13NO3/c1-3-9-7(10)5-6(8(9)11)12-4-2/h5,8,11H,3-4H2,1-2H3. The predicted octanol–water partition coefficient (Wildman–Crippen LogP) is 0.0873. The molecule has 0 aromatic carbocycles. The van der Waals surface area contributed by atoms with E-state index in [0.717, 1.165) is 0 Å². The van der Waals surface area contributed by atoms with Crippen LogP contribution in [0.15, 0.2) is 11.8 Å². The average molecular weight is 171 g/mol. The molecule has 1 amide bonds. The van der Waals surface area contributed by atoms with Gasteiger partial charge in [0.1, 0.15) is 0 Å². The Balaban J connectivity index is 2.67. The van der Waals surface area contributed by atoms with E-state index in [1.54, 1.807) is 0 Å². The maximum Gasteiger partial charge on any atom is 0.252 e. The Morgan fingerprint density at radius 2 is 2.33 bits per heavy atom. The van der Waals surface area contributed by atoms with Gasteiger partial charge in [-0.05, 0) is 13.8 Å². The van der Waals surface area contributed by atoms with Gasteiger partial charge in [-0.3, -0.25) is 4.79 Å². The van der Waals surface area contributed by atoms with E-state index >= 15 is 0 Å². The van der Waals surface area contributed by atoms with Crippen molar-refractivity contribution in [1.29, 1.82) is 0 Å². The fourth-order valence-corrected chi connectivity index (χ4v) is 1.16. The summed E-state index contributed by atoms with van der Waals surface area (Å²) in [5, 5.41) is 9.46. The number of carbonyl (C=O) groups excluding carboxylic acids is 1. The summed E-state index contributed by atoms with van der Waals surface area (Å²) >= 11 is 0. The monoisotopic (exact) mass is 171 g/mol. The minimum atomic E-state index is -0.887. The molecule has 0 saturated heterocycles. The number of hydrogen-bond donors (Lipinski definition) is 1. The van der Waals surface area contributed by atoms with Crippen LogP contribution in [0.4, 0.5) is 0 Å². The zero-order valence-corrected chi connectivity index (χ0v) is 7.28. The number of aliphatic hydroxyl groups is 1. The third-order valence-electron chi connectivity index (χ3n) is 1.75. The molecule has 0 bridgehead atoms. The second kappa shape index (κ2) is 3.58. The molecule has 0 spiro atoms. The van der Waals surface area contributed by atoms with Crippen molar-refractivity contribution in [2.24, 2.45) is 0 Å². The summed E-state index contributed by atoms with van der Waals surface area (Å²) in [6.07, 6.45) is 0.444. The van der Waals surface area contributed by atoms with Crippen LogP contribution < -0.4 is 0 Å². The Labute approximate surface area is 71.4 Å². The molecule has 1 rings (SSSR count). The van der Waals surface area contributed by atoms with Gasteiger partial charge >= 0.3 is 0 Å². The molecule has 4 nitrogen and oxygen atoms in total. The highest BCUT2D eigenvalue weighted by Gasteiger charge is 2.30. The Hall–Kier alpha value is -1.03. The van der Waals surface area contributed by atoms with Crippen molar-refractivity contribution < 1.29 is 14.6 Å². The van der Waals surface area contributed by atoms with Gasteiger partial charge in [-0.25, -0.2) is 0 Å². The Bertz CT molecular complexity index is 212. The molecule has 12 heavy (non-hydrogen) atoms. The number of ether oxygens (including phenoxy) is 1. The lowest BCUT2D eigenvalue weighted by molar-refractivity contribution is -0.131. The van der Waals surface area contributed by atoms with Gasteiger partial charge in [0.2, 0.25) is 0 Å². The fourth-order valence-electron chi connectivity index (χ4n) is 1.16. The van der Waals surface area contributed by atoms with Crippen molar-refractivity contribution >= 4 is 5.91 Å². The van der Waals surface area contributed by atoms with Crippen molar-refractivity contribution in [3.63, 3.8) is 0 Å². The Morgan fingerprint density at radius 1 is 1.67 bits per heavy atom. The Morgan fingerprint density at radius 3 is 2.75 bits per heavy atom. The van der Waals surface area contributed by atoms with Gasteiger partial charge in [0.25, 0.3) is 5.91 Å². The first-order valence-corrected chi connectivity index (χ1v) is 4.03. The molecule has 1 atom stereocenters. The number of carbonyl (C=O) groups is 1. The first-order valence-electron chi connectivity index (χ1n) is 4.03. The molecule has 0 aromatic rings. The highest BCUT2D eigenvalue weighted by Crippen LogP contribution is 2.17. The summed E-state index contributed by atoms with van der Waals surface area (Å²) in [5.41, 5.74) is 0. The van der Waals surface area contributed by atoms with Gasteiger partial charge in [0, 0.05) is 12.6 Å². The lowest BCUT2D eigenvalue weighted by Gasteiger charge is -2.20. The van der Waals surface area contributed by atoms with E-state index in [1.807, 2.05) is 13.8 Å². The van der Waals surface area contributed by atoms with E-state index in [9.17, 15) is 9.90 Å². The molecular weight excluding hydrogens is 158 g/mol. The SMILES string of the molecule is CCOC1=CC(=O)N(CC)C1O. The largest absolute Gasteiger partial charge is 0.493 e. The first kappa shape index (κ1) is 9.06. The summed E-state index contributed by atoms with van der Waals surface area (Å²) in [6.45, 7) is 4.58. The molecule has 68 valence electrons. The maximum absolute atomic E-state index is 11.1. The third-order valence-corrected chi connectivity index (χ3v) is 1.75. The van der Waals surface area contributed by atoms with Crippen molar-refractivity contribution in [2.75, 3.05) is 13.2 Å². The van der Waals surface area contributed by atoms with E-state index < -0.39 is 6.23 Å². The molecule has 1 unspecified atom stereocenters.